The maximum absolute atomic E-state index is 14.8. The van der Waals surface area contributed by atoms with Crippen molar-refractivity contribution < 1.29 is 4.39 Å². The van der Waals surface area contributed by atoms with Crippen LogP contribution in [0.4, 0.5) is 27.7 Å². The Morgan fingerprint density at radius 1 is 0.344 bits per heavy atom. The first-order valence-electron chi connectivity index (χ1n) is 40.3. The van der Waals surface area contributed by atoms with Gasteiger partial charge in [-0.1, -0.05) is 158 Å². The van der Waals surface area contributed by atoms with Crippen molar-refractivity contribution in [3.63, 3.8) is 0 Å². The van der Waals surface area contributed by atoms with Gasteiger partial charge in [-0.25, -0.2) is 64.2 Å². The third kappa shape index (κ3) is 18.1. The number of aryl methyl sites for hydroxylation is 4. The minimum absolute atomic E-state index is 0. The highest BCUT2D eigenvalue weighted by atomic mass is 35.5. The van der Waals surface area contributed by atoms with Gasteiger partial charge in [0.2, 0.25) is 0 Å². The van der Waals surface area contributed by atoms with E-state index in [4.69, 9.17) is 11.6 Å². The van der Waals surface area contributed by atoms with Crippen LogP contribution < -0.4 is 43.5 Å². The van der Waals surface area contributed by atoms with Crippen LogP contribution in [0, 0.1) is 33.5 Å². The lowest BCUT2D eigenvalue weighted by atomic mass is 10.0. The maximum atomic E-state index is 14.8. The van der Waals surface area contributed by atoms with E-state index in [2.05, 4.69) is 127 Å². The zero-order chi connectivity index (χ0) is 85.8. The second kappa shape index (κ2) is 39.9. The average Bonchev–Trinajstić information content (AvgIpc) is 1.15. The fourth-order valence-electron chi connectivity index (χ4n) is 15.8. The normalized spacial score (nSPS) is 12.0. The van der Waals surface area contributed by atoms with E-state index in [1.807, 2.05) is 214 Å². The highest BCUT2D eigenvalue weighted by Gasteiger charge is 2.27. The highest BCUT2D eigenvalue weighted by Crippen LogP contribution is 2.35. The number of fused-ring (bicyclic) bond motifs is 8. The molecule has 20 aromatic rings. The molecule has 0 bridgehead atoms. The van der Waals surface area contributed by atoms with Crippen molar-refractivity contribution in [1.29, 1.82) is 0 Å². The monoisotopic (exact) mass is 1800 g/mol. The molecule has 0 spiro atoms. The first-order chi connectivity index (χ1) is 60.4. The lowest BCUT2D eigenvalue weighted by Crippen LogP contribution is -2.27. The zero-order valence-corrected chi connectivity index (χ0v) is 75.3. The lowest BCUT2D eigenvalue weighted by molar-refractivity contribution is 0.611. The molecule has 0 saturated heterocycles. The Balaban J connectivity index is 0.000000144. The number of hydrogen-bond donors (Lipinski definition) is 8. The number of nitrogens with one attached hydrogen (secondary N) is 8. The summed E-state index contributed by atoms with van der Waals surface area (Å²) in [5.41, 5.74) is 14.4. The fourth-order valence-corrected chi connectivity index (χ4v) is 16.1. The number of nitrogens with zero attached hydrogens (tertiary/aromatic N) is 16. The molecule has 4 atom stereocenters. The van der Waals surface area contributed by atoms with Crippen LogP contribution in [0.15, 0.2) is 276 Å². The van der Waals surface area contributed by atoms with E-state index in [0.717, 1.165) is 113 Å². The molecule has 8 N–H and O–H groups in total. The van der Waals surface area contributed by atoms with Crippen molar-refractivity contribution in [2.45, 2.75) is 92.4 Å². The van der Waals surface area contributed by atoms with Crippen LogP contribution in [-0.4, -0.2) is 98.0 Å². The van der Waals surface area contributed by atoms with Gasteiger partial charge in [0.1, 0.15) is 53.2 Å². The quantitative estimate of drug-likeness (QED) is 0.0395. The summed E-state index contributed by atoms with van der Waals surface area (Å²) >= 11 is 6.38. The molecule has 648 valence electrons. The number of aromatic amines is 4. The molecule has 0 amide bonds. The van der Waals surface area contributed by atoms with E-state index in [-0.39, 0.29) is 106 Å². The smallest absolute Gasteiger partial charge is 0.264 e. The van der Waals surface area contributed by atoms with Gasteiger partial charge in [0.05, 0.1) is 81.7 Å². The van der Waals surface area contributed by atoms with Crippen LogP contribution in [-0.2, 0) is 0 Å². The van der Waals surface area contributed by atoms with E-state index in [1.54, 1.807) is 54.1 Å². The Hall–Kier alpha value is -14.4. The van der Waals surface area contributed by atoms with Gasteiger partial charge in [-0.05, 0) is 171 Å². The summed E-state index contributed by atoms with van der Waals surface area (Å²) in [5, 5.41) is 20.2. The molecule has 12 heterocycles. The molecule has 0 saturated carbocycles. The molecule has 0 aliphatic rings. The molecule has 0 aliphatic carbocycles. The molecule has 0 fully saturated rings. The van der Waals surface area contributed by atoms with Gasteiger partial charge in [-0.15, -0.1) is 0 Å². The Morgan fingerprint density at radius 3 is 1.04 bits per heavy atom. The predicted molar refractivity (Wildman–Crippen MR) is 528 cm³/mol. The number of benzene rings is 8. The number of para-hydroxylation sites is 3. The number of aromatic nitrogens is 20. The van der Waals surface area contributed by atoms with E-state index in [1.165, 1.54) is 35.9 Å². The molecular formula is C94H90ClFN24O4S4. The Labute approximate surface area is 764 Å². The minimum atomic E-state index is -0.469. The van der Waals surface area contributed by atoms with Crippen molar-refractivity contribution in [3.05, 3.63) is 354 Å². The van der Waals surface area contributed by atoms with Gasteiger partial charge in [-0.2, -0.15) is 54.0 Å². The molecule has 0 radical (unpaired) electrons. The molecule has 28 nitrogen and oxygen atoms in total. The average molecular weight is 1800 g/mol. The van der Waals surface area contributed by atoms with Gasteiger partial charge in [0, 0.05) is 39.8 Å². The summed E-state index contributed by atoms with van der Waals surface area (Å²) in [6, 6.07) is 63.9. The van der Waals surface area contributed by atoms with Gasteiger partial charge < -0.3 is 41.2 Å². The van der Waals surface area contributed by atoms with Gasteiger partial charge in [-0.3, -0.25) is 37.4 Å². The molecule has 0 aliphatic heterocycles. The summed E-state index contributed by atoms with van der Waals surface area (Å²) in [4.78, 5) is 118. The zero-order valence-electron chi connectivity index (χ0n) is 70.5. The lowest BCUT2D eigenvalue weighted by Gasteiger charge is -2.24. The molecular weight excluding hydrogens is 1710 g/mol. The standard InChI is InChI=1S/C25H24N6O.C24H22N6O.C23H19FN6O.C22H17ClN6O.4H2S/c1-4-19(30-24-22-23(27-13-26-22)28-14-29-24)20-12-17-7-5-6-16(3)21(17)25(32)31(20)18-10-8-15(2)9-11-18;1-3-18(29-23-21-22(26-13-25-21)27-14-28-23)19-12-16-9-7-8-15(2)20(16)24(31)30(19)17-10-5-4-6-11-17;1-13-6-5-7-15-10-18(14(2)29-22-20-21(26-11-25-20)27-12-28-22)30(23(31)19(13)15)17-9-4-3-8-16(17)24;1-13(28-21-19-20(25-11-24-19)26-12-27-21)17-10-14-6-5-9-16(23)18(14)22(30)29(17)15-7-3-2-4-8-15;;;;/h5-14,19H,4H2,1-3H3,(H2,26,27,28,29,30);4-14,18H,3H2,1-2H3,(H2,25,26,27,28,29);3-12,14H,1-2H3,(H2,25,26,27,28,29);2-13H,1H3,(H2,24,25,26,27,28);4*1H2/t19-;18-;14-;13-;;;;/m0000..../s1. The molecule has 128 heavy (non-hydrogen) atoms. The second-order valence-electron chi connectivity index (χ2n) is 29.9. The van der Waals surface area contributed by atoms with Crippen LogP contribution in [0.2, 0.25) is 5.02 Å². The van der Waals surface area contributed by atoms with Gasteiger partial charge in [0.25, 0.3) is 22.2 Å². The summed E-state index contributed by atoms with van der Waals surface area (Å²) in [7, 11) is 0. The van der Waals surface area contributed by atoms with Crippen LogP contribution in [0.5, 0.6) is 0 Å². The SMILES string of the molecule is CC[C@H](Nc1ncnc2nc[nH]c12)c1cc2cccc(C)c2c(=O)n1-c1ccc(C)cc1.CC[C@H](Nc1ncnc2nc[nH]c12)c1cc2cccc(C)c2c(=O)n1-c1ccccc1.C[C@H](Nc1ncnc2nc[nH]c12)c1cc2cccc(Cl)c2c(=O)n1-c1ccccc1.Cc1cccc2cc([C@H](C)Nc3ncnc4nc[nH]c34)n(-c3ccccc3F)c(=O)c12.S.S.S.S. The summed E-state index contributed by atoms with van der Waals surface area (Å²) in [6.07, 6.45) is 13.7. The topological polar surface area (TPSA) is 354 Å². The third-order valence-electron chi connectivity index (χ3n) is 21.9. The van der Waals surface area contributed by atoms with Crippen molar-refractivity contribution in [3.8, 4) is 22.7 Å². The van der Waals surface area contributed by atoms with Crippen molar-refractivity contribution in [2.24, 2.45) is 0 Å². The largest absolute Gasteiger partial charge is 0.360 e. The Bertz CT molecular complexity index is 7660. The highest BCUT2D eigenvalue weighted by molar-refractivity contribution is 7.59. The summed E-state index contributed by atoms with van der Waals surface area (Å²) < 4.78 is 21.5. The predicted octanol–water partition coefficient (Wildman–Crippen LogP) is 18.6. The molecule has 12 aromatic heterocycles. The van der Waals surface area contributed by atoms with Crippen molar-refractivity contribution >= 4 is 177 Å². The van der Waals surface area contributed by atoms with E-state index >= 15 is 0 Å². The van der Waals surface area contributed by atoms with Crippen LogP contribution >= 0.6 is 65.6 Å². The number of pyridine rings is 4. The Kier molecular flexibility index (Phi) is 28.4. The number of rotatable bonds is 18. The van der Waals surface area contributed by atoms with E-state index < -0.39 is 5.82 Å². The Morgan fingerprint density at radius 2 is 0.656 bits per heavy atom. The van der Waals surface area contributed by atoms with E-state index in [9.17, 15) is 23.6 Å². The second-order valence-corrected chi connectivity index (χ2v) is 30.3. The molecule has 8 aromatic carbocycles. The van der Waals surface area contributed by atoms with Crippen molar-refractivity contribution in [1.82, 2.24) is 98.0 Å². The number of H-pyrrole nitrogens is 4. The third-order valence-corrected chi connectivity index (χ3v) is 22.2. The number of halogens is 2. The number of hydrogen-bond acceptors (Lipinski definition) is 20. The molecule has 20 rings (SSSR count). The van der Waals surface area contributed by atoms with Crippen LogP contribution in [0.25, 0.3) is 110 Å². The molecule has 0 unspecified atom stereocenters. The first-order valence-corrected chi connectivity index (χ1v) is 40.6. The van der Waals surface area contributed by atoms with Crippen molar-refractivity contribution in [2.75, 3.05) is 21.3 Å². The number of imidazole rings is 4. The van der Waals surface area contributed by atoms with Gasteiger partial charge in [0.15, 0.2) is 45.9 Å². The summed E-state index contributed by atoms with van der Waals surface area (Å²) in [6.45, 7) is 15.9. The minimum Gasteiger partial charge on any atom is -0.360 e. The summed E-state index contributed by atoms with van der Waals surface area (Å²) in [5.74, 6) is 2.01. The van der Waals surface area contributed by atoms with Gasteiger partial charge >= 0.3 is 0 Å². The van der Waals surface area contributed by atoms with Crippen LogP contribution in [0.3, 0.4) is 0 Å². The molecule has 34 heteroatoms. The van der Waals surface area contributed by atoms with E-state index in [0.29, 0.717) is 78.4 Å². The first kappa shape index (κ1) is 91.3. The maximum Gasteiger partial charge on any atom is 0.264 e. The van der Waals surface area contributed by atoms with Crippen LogP contribution in [0.1, 0.15) is 110 Å². The fraction of sp³-hybridized carbons (Fsp3) is 0.149. The number of anilines is 4.